The van der Waals surface area contributed by atoms with Crippen molar-refractivity contribution in [2.75, 3.05) is 31.1 Å². The molecule has 1 aromatic heterocycles. The number of hydrogen-bond donors (Lipinski definition) is 1. The Balaban J connectivity index is 1.79. The molecule has 0 aliphatic carbocycles. The summed E-state index contributed by atoms with van der Waals surface area (Å²) in [5.74, 6) is 1.66. The molecule has 2 aliphatic rings. The Bertz CT molecular complexity index is 405. The van der Waals surface area contributed by atoms with Gasteiger partial charge in [-0.05, 0) is 56.8 Å². The molecule has 0 atom stereocenters. The lowest BCUT2D eigenvalue weighted by Crippen LogP contribution is -2.39. The van der Waals surface area contributed by atoms with Crippen molar-refractivity contribution in [3.63, 3.8) is 0 Å². The fourth-order valence-corrected chi connectivity index (χ4v) is 3.28. The molecule has 5 nitrogen and oxygen atoms in total. The van der Waals surface area contributed by atoms with Crippen LogP contribution in [0, 0.1) is 0 Å². The van der Waals surface area contributed by atoms with Crippen molar-refractivity contribution in [2.24, 2.45) is 0 Å². The molecule has 5 heteroatoms. The summed E-state index contributed by atoms with van der Waals surface area (Å²) in [6.07, 6.45) is 7.10. The highest BCUT2D eigenvalue weighted by molar-refractivity contribution is 5.29. The van der Waals surface area contributed by atoms with Gasteiger partial charge in [-0.3, -0.25) is 0 Å². The third kappa shape index (κ3) is 2.48. The van der Waals surface area contributed by atoms with E-state index in [2.05, 4.69) is 22.3 Å². The molecule has 0 spiro atoms. The standard InChI is InChI=1S/C14H24N4O/c1-2-14(6-8-15-9-7-14)12-16-13(17-19-12)18-10-4-3-5-11-18/h15H,2-11H2,1H3. The van der Waals surface area contributed by atoms with Crippen LogP contribution in [-0.2, 0) is 5.41 Å². The molecule has 0 unspecified atom stereocenters. The third-order valence-corrected chi connectivity index (χ3v) is 4.75. The maximum Gasteiger partial charge on any atom is 0.266 e. The van der Waals surface area contributed by atoms with Crippen LogP contribution in [0.2, 0.25) is 0 Å². The minimum atomic E-state index is 0.103. The summed E-state index contributed by atoms with van der Waals surface area (Å²) in [6.45, 7) is 6.47. The molecule has 1 aromatic rings. The Kier molecular flexibility index (Phi) is 3.73. The van der Waals surface area contributed by atoms with Crippen LogP contribution in [0.3, 0.4) is 0 Å². The van der Waals surface area contributed by atoms with Gasteiger partial charge in [-0.25, -0.2) is 0 Å². The van der Waals surface area contributed by atoms with Crippen LogP contribution in [0.15, 0.2) is 4.52 Å². The summed E-state index contributed by atoms with van der Waals surface area (Å²) in [6, 6.07) is 0. The minimum Gasteiger partial charge on any atom is -0.338 e. The Morgan fingerprint density at radius 2 is 1.95 bits per heavy atom. The molecule has 3 heterocycles. The Hall–Kier alpha value is -1.10. The van der Waals surface area contributed by atoms with Crippen molar-refractivity contribution in [1.82, 2.24) is 15.5 Å². The van der Waals surface area contributed by atoms with Crippen molar-refractivity contribution in [2.45, 2.75) is 50.9 Å². The molecule has 2 aliphatic heterocycles. The average Bonchev–Trinajstić information content (AvgIpc) is 2.99. The zero-order valence-electron chi connectivity index (χ0n) is 11.8. The van der Waals surface area contributed by atoms with E-state index >= 15 is 0 Å². The number of nitrogens with one attached hydrogen (secondary N) is 1. The van der Waals surface area contributed by atoms with E-state index in [1.165, 1.54) is 19.3 Å². The monoisotopic (exact) mass is 264 g/mol. The number of piperidine rings is 2. The lowest BCUT2D eigenvalue weighted by atomic mass is 9.76. The van der Waals surface area contributed by atoms with Gasteiger partial charge in [0, 0.05) is 13.1 Å². The number of hydrogen-bond acceptors (Lipinski definition) is 5. The van der Waals surface area contributed by atoms with Crippen LogP contribution in [0.1, 0.15) is 51.3 Å². The van der Waals surface area contributed by atoms with Crippen LogP contribution in [0.25, 0.3) is 0 Å². The second-order valence-electron chi connectivity index (χ2n) is 5.83. The van der Waals surface area contributed by atoms with Gasteiger partial charge in [0.25, 0.3) is 5.95 Å². The predicted molar refractivity (Wildman–Crippen MR) is 74.4 cm³/mol. The Labute approximate surface area is 114 Å². The third-order valence-electron chi connectivity index (χ3n) is 4.75. The van der Waals surface area contributed by atoms with E-state index in [1.807, 2.05) is 0 Å². The van der Waals surface area contributed by atoms with E-state index in [-0.39, 0.29) is 5.41 Å². The predicted octanol–water partition coefficient (Wildman–Crippen LogP) is 2.09. The Morgan fingerprint density at radius 3 is 2.63 bits per heavy atom. The summed E-state index contributed by atoms with van der Waals surface area (Å²) in [5, 5.41) is 7.64. The zero-order valence-corrected chi connectivity index (χ0v) is 11.8. The topological polar surface area (TPSA) is 54.2 Å². The van der Waals surface area contributed by atoms with Crippen LogP contribution in [0.4, 0.5) is 5.95 Å². The molecule has 2 fully saturated rings. The van der Waals surface area contributed by atoms with Gasteiger partial charge in [0.05, 0.1) is 5.41 Å². The average molecular weight is 264 g/mol. The second kappa shape index (κ2) is 5.49. The van der Waals surface area contributed by atoms with Crippen LogP contribution in [0.5, 0.6) is 0 Å². The fourth-order valence-electron chi connectivity index (χ4n) is 3.28. The first-order valence-electron chi connectivity index (χ1n) is 7.64. The van der Waals surface area contributed by atoms with E-state index in [1.54, 1.807) is 0 Å². The normalized spacial score (nSPS) is 23.5. The lowest BCUT2D eigenvalue weighted by molar-refractivity contribution is 0.216. The molecule has 1 N–H and O–H groups in total. The highest BCUT2D eigenvalue weighted by Gasteiger charge is 2.38. The van der Waals surface area contributed by atoms with Gasteiger partial charge in [-0.2, -0.15) is 4.98 Å². The van der Waals surface area contributed by atoms with Crippen molar-refractivity contribution < 1.29 is 4.52 Å². The van der Waals surface area contributed by atoms with Gasteiger partial charge in [0.1, 0.15) is 0 Å². The van der Waals surface area contributed by atoms with Crippen molar-refractivity contribution in [3.8, 4) is 0 Å². The van der Waals surface area contributed by atoms with Gasteiger partial charge >= 0.3 is 0 Å². The molecular weight excluding hydrogens is 240 g/mol. The van der Waals surface area contributed by atoms with E-state index in [9.17, 15) is 0 Å². The lowest BCUT2D eigenvalue weighted by Gasteiger charge is -2.33. The number of anilines is 1. The maximum atomic E-state index is 5.62. The Morgan fingerprint density at radius 1 is 1.21 bits per heavy atom. The highest BCUT2D eigenvalue weighted by Crippen LogP contribution is 2.36. The molecule has 2 saturated heterocycles. The molecule has 0 radical (unpaired) electrons. The van der Waals surface area contributed by atoms with Crippen LogP contribution < -0.4 is 10.2 Å². The summed E-state index contributed by atoms with van der Waals surface area (Å²) in [5.41, 5.74) is 0.103. The number of rotatable bonds is 3. The maximum absolute atomic E-state index is 5.62. The molecular formula is C14H24N4O. The first-order valence-corrected chi connectivity index (χ1v) is 7.64. The SMILES string of the molecule is CCC1(c2nc(N3CCCCC3)no2)CCNCC1. The van der Waals surface area contributed by atoms with Crippen molar-refractivity contribution in [1.29, 1.82) is 0 Å². The van der Waals surface area contributed by atoms with Gasteiger partial charge in [0.15, 0.2) is 0 Å². The minimum absolute atomic E-state index is 0.103. The number of aromatic nitrogens is 2. The molecule has 0 bridgehead atoms. The van der Waals surface area contributed by atoms with Gasteiger partial charge in [-0.15, -0.1) is 0 Å². The highest BCUT2D eigenvalue weighted by atomic mass is 16.5. The molecule has 19 heavy (non-hydrogen) atoms. The van der Waals surface area contributed by atoms with E-state index < -0.39 is 0 Å². The first kappa shape index (κ1) is 12.9. The summed E-state index contributed by atoms with van der Waals surface area (Å²) < 4.78 is 5.62. The molecule has 0 aromatic carbocycles. The fraction of sp³-hybridized carbons (Fsp3) is 0.857. The zero-order chi connectivity index (χ0) is 13.1. The van der Waals surface area contributed by atoms with Gasteiger partial charge in [0.2, 0.25) is 5.89 Å². The molecule has 106 valence electrons. The van der Waals surface area contributed by atoms with E-state index in [0.29, 0.717) is 0 Å². The molecule has 0 amide bonds. The van der Waals surface area contributed by atoms with E-state index in [0.717, 1.165) is 57.3 Å². The van der Waals surface area contributed by atoms with Crippen LogP contribution >= 0.6 is 0 Å². The first-order chi connectivity index (χ1) is 9.34. The van der Waals surface area contributed by atoms with Crippen LogP contribution in [-0.4, -0.2) is 36.3 Å². The summed E-state index contributed by atoms with van der Waals surface area (Å²) >= 11 is 0. The molecule has 0 saturated carbocycles. The van der Waals surface area contributed by atoms with Gasteiger partial charge < -0.3 is 14.7 Å². The quantitative estimate of drug-likeness (QED) is 0.906. The summed E-state index contributed by atoms with van der Waals surface area (Å²) in [4.78, 5) is 6.99. The van der Waals surface area contributed by atoms with Crippen molar-refractivity contribution >= 4 is 5.95 Å². The van der Waals surface area contributed by atoms with Crippen molar-refractivity contribution in [3.05, 3.63) is 5.89 Å². The summed E-state index contributed by atoms with van der Waals surface area (Å²) in [7, 11) is 0. The largest absolute Gasteiger partial charge is 0.338 e. The van der Waals surface area contributed by atoms with E-state index in [4.69, 9.17) is 9.51 Å². The molecule has 3 rings (SSSR count). The number of nitrogens with zero attached hydrogens (tertiary/aromatic N) is 3. The second-order valence-corrected chi connectivity index (χ2v) is 5.83. The van der Waals surface area contributed by atoms with Gasteiger partial charge in [-0.1, -0.05) is 6.92 Å². The smallest absolute Gasteiger partial charge is 0.266 e.